The van der Waals surface area contributed by atoms with Gasteiger partial charge >= 0.3 is 0 Å². The lowest BCUT2D eigenvalue weighted by atomic mass is 9.63. The topological polar surface area (TPSA) is 183 Å². The number of sulfonamides is 2. The first-order chi connectivity index (χ1) is 51.8. The molecule has 0 radical (unpaired) electrons. The van der Waals surface area contributed by atoms with Crippen molar-refractivity contribution in [2.45, 2.75) is 187 Å². The van der Waals surface area contributed by atoms with E-state index in [1.54, 1.807) is 26.0 Å². The van der Waals surface area contributed by atoms with E-state index >= 15 is 0 Å². The van der Waals surface area contributed by atoms with Crippen molar-refractivity contribution in [3.63, 3.8) is 0 Å². The smallest absolute Gasteiger partial charge is 0.264 e. The van der Waals surface area contributed by atoms with Gasteiger partial charge in [0.15, 0.2) is 0 Å². The first-order valence-corrected chi connectivity index (χ1v) is 44.0. The van der Waals surface area contributed by atoms with Gasteiger partial charge in [0.1, 0.15) is 35.0 Å². The Balaban J connectivity index is 0.000000172. The molecule has 4 aromatic carbocycles. The van der Waals surface area contributed by atoms with E-state index in [0.717, 1.165) is 151 Å². The highest BCUT2D eigenvalue weighted by Gasteiger charge is 2.54. The maximum Gasteiger partial charge on any atom is 0.264 e. The van der Waals surface area contributed by atoms with Crippen LogP contribution in [0.15, 0.2) is 97.1 Å². The van der Waals surface area contributed by atoms with Crippen LogP contribution in [-0.4, -0.2) is 213 Å². The van der Waals surface area contributed by atoms with E-state index < -0.39 is 65.9 Å². The van der Waals surface area contributed by atoms with E-state index in [4.69, 9.17) is 42.1 Å². The maximum atomic E-state index is 14.6. The van der Waals surface area contributed by atoms with Crippen LogP contribution in [-0.2, 0) is 53.2 Å². The molecule has 18 nitrogen and oxygen atoms in total. The van der Waals surface area contributed by atoms with Crippen LogP contribution in [0.25, 0.3) is 0 Å². The summed E-state index contributed by atoms with van der Waals surface area (Å²) in [5, 5.41) is -0.140. The number of aryl methyl sites for hydroxylation is 2. The van der Waals surface area contributed by atoms with E-state index in [1.165, 1.54) is 22.3 Å². The van der Waals surface area contributed by atoms with Gasteiger partial charge in [0.05, 0.1) is 35.1 Å². The molecule has 108 heavy (non-hydrogen) atoms. The summed E-state index contributed by atoms with van der Waals surface area (Å²) in [5.41, 5.74) is 5.45. The third-order valence-electron chi connectivity index (χ3n) is 28.1. The summed E-state index contributed by atoms with van der Waals surface area (Å²) in [6, 6.07) is 23.6. The van der Waals surface area contributed by atoms with Crippen LogP contribution in [0.4, 0.5) is 20.2 Å². The van der Waals surface area contributed by atoms with Gasteiger partial charge in [-0.1, -0.05) is 73.5 Å². The van der Waals surface area contributed by atoms with Gasteiger partial charge < -0.3 is 28.7 Å². The first-order valence-electron chi connectivity index (χ1n) is 40.2. The summed E-state index contributed by atoms with van der Waals surface area (Å²) in [5.74, 6) is 0.613. The second kappa shape index (κ2) is 31.5. The van der Waals surface area contributed by atoms with E-state index in [1.807, 2.05) is 64.5 Å². The zero-order valence-electron chi connectivity index (χ0n) is 63.9. The lowest BCUT2D eigenvalue weighted by molar-refractivity contribution is -0.102. The number of carbonyl (C=O) groups excluding carboxylic acids is 2. The number of hydrogen-bond acceptors (Lipinski definition) is 16. The van der Waals surface area contributed by atoms with Crippen molar-refractivity contribution in [1.82, 2.24) is 29.0 Å². The average Bonchev–Trinajstić information content (AvgIpc) is 1.15. The molecule has 0 unspecified atom stereocenters. The zero-order chi connectivity index (χ0) is 75.7. The van der Waals surface area contributed by atoms with E-state index in [0.29, 0.717) is 112 Å². The van der Waals surface area contributed by atoms with Crippen molar-refractivity contribution in [2.24, 2.45) is 35.5 Å². The van der Waals surface area contributed by atoms with Crippen LogP contribution in [0.5, 0.6) is 11.5 Å². The Morgan fingerprint density at radius 2 is 0.963 bits per heavy atom. The molecule has 6 fully saturated rings. The summed E-state index contributed by atoms with van der Waals surface area (Å²) >= 11 is 13.0. The van der Waals surface area contributed by atoms with Crippen LogP contribution in [0.3, 0.4) is 0 Å². The largest absolute Gasteiger partial charge is 0.490 e. The highest BCUT2D eigenvalue weighted by Crippen LogP contribution is 2.53. The monoisotopic (exact) mass is 1560 g/mol. The zero-order valence-corrected chi connectivity index (χ0v) is 67.0. The lowest BCUT2D eigenvalue weighted by Crippen LogP contribution is -2.62. The highest BCUT2D eigenvalue weighted by molar-refractivity contribution is 7.91. The fourth-order valence-corrected chi connectivity index (χ4v) is 23.9. The Hall–Kier alpha value is -5.40. The number of hydrogen-bond donors (Lipinski definition) is 2. The number of rotatable bonds is 6. The van der Waals surface area contributed by atoms with Crippen LogP contribution in [0, 0.1) is 35.5 Å². The second-order valence-corrected chi connectivity index (χ2v) is 39.4. The number of nitrogens with one attached hydrogen (secondary N) is 2. The number of carbonyl (C=O) groups is 2. The number of nitrogens with zero attached hydrogens (tertiary/aromatic N) is 6. The van der Waals surface area contributed by atoms with E-state index in [2.05, 4.69) is 87.4 Å². The summed E-state index contributed by atoms with van der Waals surface area (Å²) < 4.78 is 115. The van der Waals surface area contributed by atoms with Crippen molar-refractivity contribution in [1.29, 1.82) is 0 Å². The Kier molecular flexibility index (Phi) is 22.7. The number of piperazine rings is 2. The van der Waals surface area contributed by atoms with E-state index in [-0.39, 0.29) is 46.6 Å². The highest BCUT2D eigenvalue weighted by atomic mass is 35.5. The number of ether oxygens (including phenoxy) is 4. The molecule has 8 heterocycles. The fourth-order valence-electron chi connectivity index (χ4n) is 21.0. The number of amides is 2. The minimum absolute atomic E-state index is 0.203. The number of methoxy groups -OCH3 is 2. The molecular weight excluding hydrogens is 1450 g/mol. The number of alkyl halides is 2. The van der Waals surface area contributed by atoms with Crippen molar-refractivity contribution >= 4 is 66.4 Å². The number of benzene rings is 4. The number of anilines is 2. The summed E-state index contributed by atoms with van der Waals surface area (Å²) in [7, 11) is -4.33. The van der Waals surface area contributed by atoms with Crippen LogP contribution in [0.2, 0.25) is 10.0 Å². The van der Waals surface area contributed by atoms with Gasteiger partial charge in [0.25, 0.3) is 11.8 Å². The summed E-state index contributed by atoms with van der Waals surface area (Å²) in [4.78, 5) is 42.0. The maximum absolute atomic E-state index is 14.6. The van der Waals surface area contributed by atoms with E-state index in [9.17, 15) is 35.2 Å². The molecule has 4 aliphatic carbocycles. The molecule has 0 aromatic heterocycles. The molecule has 16 rings (SSSR count). The van der Waals surface area contributed by atoms with Gasteiger partial charge in [-0.3, -0.25) is 29.2 Å². The third-order valence-corrected chi connectivity index (χ3v) is 32.4. The molecule has 2 spiro atoms. The van der Waals surface area contributed by atoms with Gasteiger partial charge in [-0.05, 0) is 235 Å². The average molecular weight is 1570 g/mol. The first kappa shape index (κ1) is 77.9. The van der Waals surface area contributed by atoms with Gasteiger partial charge in [-0.15, -0.1) is 0 Å². The lowest BCUT2D eigenvalue weighted by Gasteiger charge is -2.53. The molecule has 4 aromatic rings. The number of piperidine rings is 2. The Bertz CT molecular complexity index is 4030. The molecule has 4 bridgehead atoms. The SMILES string of the molecule is CO[C@]1(CN2CCN3CC[C@@H](F)C[C@@H]3C2)/C=C/C[C@H](C)[C@@H](C)S(=O)(=O)NC(=O)c2ccc3c(c2)N(C[C@@H]2CC[C@H]21)C[C@@]1(CCCc2cc(Cl)ccc21)CO3.CO[C@]1(CN2CCN3CC[C@@H](F)C[C@H]3C2)/C=C/C[C@H](C)[C@@H](C)S(=O)(=O)NC(=O)c2ccc3c(c2)N(C[C@@H]2CC[C@H]21)C[C@@]1(CCCc2cc(Cl)ccc21)CO3. The standard InChI is InChI=1S/2C42H56ClFN4O5S/c2*1-28-6-4-16-42(52-3,26-46-18-19-47-17-14-34(44)22-35(47)24-46)37-11-8-32(37)23-48-25-41(15-5-7-30-20-33(43)10-12-36(30)41)27-53-39-13-9-31(21-38(39)48)40(49)45-54(50,51)29(28)2/h2*4,9-10,12-13,16,20-21,28-29,32,34-35,37H,5-8,11,14-15,17-19,22-27H2,1-3H3,(H,45,49)/b2*16-4+/t28-,29+,32-,34+,35+,37+,41-,42-;28-,29+,32-,34+,35-,37+,41-,42-/m00/s1. The predicted octanol–water partition coefficient (Wildman–Crippen LogP) is 12.8. The molecule has 4 saturated heterocycles. The fraction of sp³-hybridized carbons (Fsp3) is 0.643. The van der Waals surface area contributed by atoms with Gasteiger partial charge in [0, 0.05) is 150 Å². The Morgan fingerprint density at radius 3 is 1.36 bits per heavy atom. The summed E-state index contributed by atoms with van der Waals surface area (Å²) in [6.07, 6.45) is 20.6. The van der Waals surface area contributed by atoms with Crippen molar-refractivity contribution in [3.8, 4) is 11.5 Å². The Labute approximate surface area is 649 Å². The Morgan fingerprint density at radius 1 is 0.537 bits per heavy atom. The van der Waals surface area contributed by atoms with Crippen LogP contribution < -0.4 is 28.7 Å². The van der Waals surface area contributed by atoms with Gasteiger partial charge in [-0.25, -0.2) is 35.1 Å². The minimum atomic E-state index is -3.98. The van der Waals surface area contributed by atoms with Crippen molar-refractivity contribution < 1.29 is 54.2 Å². The minimum Gasteiger partial charge on any atom is -0.490 e. The molecule has 8 aliphatic heterocycles. The molecular formula is C84H112Cl2F2N8O10S2. The molecule has 16 atom stereocenters. The number of halogens is 4. The third kappa shape index (κ3) is 15.6. The van der Waals surface area contributed by atoms with Crippen molar-refractivity contribution in [2.75, 3.05) is 129 Å². The van der Waals surface area contributed by atoms with Crippen LogP contribution in [0.1, 0.15) is 161 Å². The molecule has 12 aliphatic rings. The molecule has 2 saturated carbocycles. The van der Waals surface area contributed by atoms with Crippen LogP contribution >= 0.6 is 23.2 Å². The normalized spacial score (nSPS) is 36.4. The number of allylic oxidation sites excluding steroid dienone is 2. The molecule has 2 amide bonds. The molecule has 24 heteroatoms. The predicted molar refractivity (Wildman–Crippen MR) is 422 cm³/mol. The summed E-state index contributed by atoms with van der Waals surface area (Å²) in [6.45, 7) is 19.4. The molecule has 588 valence electrons. The van der Waals surface area contributed by atoms with Gasteiger partial charge in [-0.2, -0.15) is 0 Å². The van der Waals surface area contributed by atoms with Gasteiger partial charge in [0.2, 0.25) is 20.0 Å². The van der Waals surface area contributed by atoms with Crippen molar-refractivity contribution in [3.05, 3.63) is 141 Å². The number of fused-ring (bicyclic) bond motifs is 10. The second-order valence-electron chi connectivity index (χ2n) is 34.5. The molecule has 2 N–H and O–H groups in total. The quantitative estimate of drug-likeness (QED) is 0.174.